The number of aromatic nitrogens is 1. The molecule has 21 heavy (non-hydrogen) atoms. The van der Waals surface area contributed by atoms with Crippen LogP contribution in [0.1, 0.15) is 73.5 Å². The van der Waals surface area contributed by atoms with E-state index in [4.69, 9.17) is 0 Å². The van der Waals surface area contributed by atoms with Gasteiger partial charge in [-0.25, -0.2) is 0 Å². The number of benzene rings is 1. The minimum Gasteiger partial charge on any atom is -0.341 e. The van der Waals surface area contributed by atoms with E-state index in [1.807, 2.05) is 0 Å². The summed E-state index contributed by atoms with van der Waals surface area (Å²) in [5.74, 6) is 0.369. The van der Waals surface area contributed by atoms with Crippen molar-refractivity contribution < 1.29 is 4.79 Å². The fourth-order valence-corrected chi connectivity index (χ4v) is 4.33. The molecule has 1 aromatic heterocycles. The van der Waals surface area contributed by atoms with E-state index in [9.17, 15) is 4.79 Å². The van der Waals surface area contributed by atoms with E-state index in [0.717, 1.165) is 31.2 Å². The smallest absolute Gasteiger partial charge is 0.165 e. The molecule has 1 fully saturated rings. The Bertz CT molecular complexity index is 676. The molecule has 2 heteroatoms. The van der Waals surface area contributed by atoms with E-state index in [1.54, 1.807) is 0 Å². The molecule has 0 saturated heterocycles. The van der Waals surface area contributed by atoms with Gasteiger partial charge in [0, 0.05) is 34.6 Å². The van der Waals surface area contributed by atoms with Crippen molar-refractivity contribution in [1.29, 1.82) is 0 Å². The highest BCUT2D eigenvalue weighted by Crippen LogP contribution is 2.38. The molecule has 110 valence electrons. The highest BCUT2D eigenvalue weighted by atomic mass is 16.1. The summed E-state index contributed by atoms with van der Waals surface area (Å²) in [5, 5.41) is 1.20. The summed E-state index contributed by atoms with van der Waals surface area (Å²) in [6.07, 6.45) is 10.6. The van der Waals surface area contributed by atoms with Crippen LogP contribution < -0.4 is 0 Å². The predicted molar refractivity (Wildman–Crippen MR) is 85.9 cm³/mol. The zero-order valence-electron chi connectivity index (χ0n) is 12.6. The molecule has 0 spiro atoms. The Balaban J connectivity index is 1.96. The number of ketones is 1. The normalized spacial score (nSPS) is 20.5. The van der Waals surface area contributed by atoms with Gasteiger partial charge in [0.1, 0.15) is 0 Å². The molecule has 2 aliphatic rings. The molecule has 2 aromatic rings. The third-order valence-corrected chi connectivity index (χ3v) is 5.30. The average molecular weight is 281 g/mol. The van der Waals surface area contributed by atoms with Gasteiger partial charge in [0.15, 0.2) is 5.78 Å². The first-order valence-corrected chi connectivity index (χ1v) is 8.51. The summed E-state index contributed by atoms with van der Waals surface area (Å²) < 4.78 is 2.55. The highest BCUT2D eigenvalue weighted by Gasteiger charge is 2.27. The SMILES string of the molecule is O=C1CCCCc2c1c1ccccc1n2C1CCCCC1. The standard InChI is InChI=1S/C19H23NO/c21-18-13-7-6-12-17-19(18)15-10-4-5-11-16(15)20(17)14-8-2-1-3-9-14/h4-5,10-11,14H,1-3,6-9,12-13H2. The fraction of sp³-hybridized carbons (Fsp3) is 0.526. The van der Waals surface area contributed by atoms with Crippen molar-refractivity contribution in [3.8, 4) is 0 Å². The van der Waals surface area contributed by atoms with Crippen molar-refractivity contribution in [3.63, 3.8) is 0 Å². The number of carbonyl (C=O) groups excluding carboxylic acids is 1. The number of Topliss-reactive ketones (excluding diaryl/α,β-unsaturated/α-hetero) is 1. The van der Waals surface area contributed by atoms with Gasteiger partial charge in [-0.3, -0.25) is 4.79 Å². The summed E-state index contributed by atoms with van der Waals surface area (Å²) in [5.41, 5.74) is 3.68. The first-order chi connectivity index (χ1) is 10.4. The molecule has 0 unspecified atom stereocenters. The summed E-state index contributed by atoms with van der Waals surface area (Å²) >= 11 is 0. The Morgan fingerprint density at radius 2 is 1.67 bits per heavy atom. The largest absolute Gasteiger partial charge is 0.341 e. The number of para-hydroxylation sites is 1. The maximum absolute atomic E-state index is 12.6. The van der Waals surface area contributed by atoms with E-state index in [2.05, 4.69) is 28.8 Å². The van der Waals surface area contributed by atoms with Crippen LogP contribution in [0.15, 0.2) is 24.3 Å². The van der Waals surface area contributed by atoms with Crippen LogP contribution >= 0.6 is 0 Å². The lowest BCUT2D eigenvalue weighted by molar-refractivity contribution is 0.0983. The highest BCUT2D eigenvalue weighted by molar-refractivity contribution is 6.09. The topological polar surface area (TPSA) is 22.0 Å². The second kappa shape index (κ2) is 5.32. The van der Waals surface area contributed by atoms with Gasteiger partial charge in [-0.15, -0.1) is 0 Å². The number of fused-ring (bicyclic) bond motifs is 3. The zero-order chi connectivity index (χ0) is 14.2. The minimum atomic E-state index is 0.369. The van der Waals surface area contributed by atoms with Crippen molar-refractivity contribution in [2.24, 2.45) is 0 Å². The monoisotopic (exact) mass is 281 g/mol. The quantitative estimate of drug-likeness (QED) is 0.670. The van der Waals surface area contributed by atoms with Crippen molar-refractivity contribution in [2.75, 3.05) is 0 Å². The van der Waals surface area contributed by atoms with Gasteiger partial charge in [-0.1, -0.05) is 37.5 Å². The summed E-state index contributed by atoms with van der Waals surface area (Å²) in [6.45, 7) is 0. The van der Waals surface area contributed by atoms with Gasteiger partial charge in [0.05, 0.1) is 0 Å². The van der Waals surface area contributed by atoms with Crippen LogP contribution in [0.3, 0.4) is 0 Å². The Kier molecular flexibility index (Phi) is 3.33. The third kappa shape index (κ3) is 2.12. The Morgan fingerprint density at radius 3 is 2.52 bits per heavy atom. The Hall–Kier alpha value is -1.57. The molecule has 0 amide bonds. The second-order valence-electron chi connectivity index (χ2n) is 6.63. The molecule has 0 N–H and O–H groups in total. The molecule has 2 nitrogen and oxygen atoms in total. The van der Waals surface area contributed by atoms with Gasteiger partial charge in [0.2, 0.25) is 0 Å². The van der Waals surface area contributed by atoms with E-state index in [0.29, 0.717) is 11.8 Å². The molecule has 1 saturated carbocycles. The lowest BCUT2D eigenvalue weighted by Gasteiger charge is -2.26. The van der Waals surface area contributed by atoms with Crippen molar-refractivity contribution >= 4 is 16.7 Å². The molecule has 0 radical (unpaired) electrons. The van der Waals surface area contributed by atoms with Crippen molar-refractivity contribution in [2.45, 2.75) is 63.8 Å². The molecule has 0 aliphatic heterocycles. The van der Waals surface area contributed by atoms with E-state index in [-0.39, 0.29) is 0 Å². The van der Waals surface area contributed by atoms with Crippen LogP contribution in [-0.2, 0) is 6.42 Å². The van der Waals surface area contributed by atoms with Crippen LogP contribution in [0.25, 0.3) is 10.9 Å². The van der Waals surface area contributed by atoms with Crippen molar-refractivity contribution in [1.82, 2.24) is 4.57 Å². The fourth-order valence-electron chi connectivity index (χ4n) is 4.33. The van der Waals surface area contributed by atoms with Crippen LogP contribution in [0, 0.1) is 0 Å². The van der Waals surface area contributed by atoms with Gasteiger partial charge >= 0.3 is 0 Å². The first kappa shape index (κ1) is 13.1. The first-order valence-electron chi connectivity index (χ1n) is 8.51. The Morgan fingerprint density at radius 1 is 0.905 bits per heavy atom. The molecular formula is C19H23NO. The molecular weight excluding hydrogens is 258 g/mol. The van der Waals surface area contributed by atoms with E-state index < -0.39 is 0 Å². The second-order valence-corrected chi connectivity index (χ2v) is 6.63. The number of rotatable bonds is 1. The van der Waals surface area contributed by atoms with Gasteiger partial charge in [0.25, 0.3) is 0 Å². The van der Waals surface area contributed by atoms with Crippen molar-refractivity contribution in [3.05, 3.63) is 35.5 Å². The minimum absolute atomic E-state index is 0.369. The maximum Gasteiger partial charge on any atom is 0.165 e. The van der Waals surface area contributed by atoms with E-state index in [1.165, 1.54) is 48.7 Å². The molecule has 0 bridgehead atoms. The molecule has 2 aliphatic carbocycles. The van der Waals surface area contributed by atoms with Crippen LogP contribution in [-0.4, -0.2) is 10.4 Å². The number of nitrogens with zero attached hydrogens (tertiary/aromatic N) is 1. The molecule has 0 atom stereocenters. The number of hydrogen-bond acceptors (Lipinski definition) is 1. The van der Waals surface area contributed by atoms with Gasteiger partial charge in [-0.05, 0) is 38.2 Å². The summed E-state index contributed by atoms with van der Waals surface area (Å²) in [7, 11) is 0. The van der Waals surface area contributed by atoms with E-state index >= 15 is 0 Å². The van der Waals surface area contributed by atoms with Gasteiger partial charge < -0.3 is 4.57 Å². The predicted octanol–water partition coefficient (Wildman–Crippen LogP) is 5.06. The lowest BCUT2D eigenvalue weighted by atomic mass is 9.95. The summed E-state index contributed by atoms with van der Waals surface area (Å²) in [6, 6.07) is 9.17. The maximum atomic E-state index is 12.6. The summed E-state index contributed by atoms with van der Waals surface area (Å²) in [4.78, 5) is 12.6. The number of carbonyl (C=O) groups is 1. The lowest BCUT2D eigenvalue weighted by Crippen LogP contribution is -2.15. The number of hydrogen-bond donors (Lipinski definition) is 0. The average Bonchev–Trinajstić information content (AvgIpc) is 2.74. The third-order valence-electron chi connectivity index (χ3n) is 5.30. The van der Waals surface area contributed by atoms with Gasteiger partial charge in [-0.2, -0.15) is 0 Å². The molecule has 4 rings (SSSR count). The molecule has 1 heterocycles. The van der Waals surface area contributed by atoms with Crippen LogP contribution in [0.4, 0.5) is 0 Å². The molecule has 1 aromatic carbocycles. The van der Waals surface area contributed by atoms with Crippen LogP contribution in [0.2, 0.25) is 0 Å². The van der Waals surface area contributed by atoms with Crippen LogP contribution in [0.5, 0.6) is 0 Å². The zero-order valence-corrected chi connectivity index (χ0v) is 12.6. The Labute approximate surface area is 126 Å².